The topological polar surface area (TPSA) is 81.8 Å². The molecule has 232 valence electrons. The molecule has 3 aromatic carbocycles. The third-order valence-electron chi connectivity index (χ3n) is 8.63. The quantitative estimate of drug-likeness (QED) is 0.304. The Kier molecular flexibility index (Phi) is 11.0. The first-order chi connectivity index (χ1) is 21.3. The summed E-state index contributed by atoms with van der Waals surface area (Å²) < 4.78 is 0. The average Bonchev–Trinajstić information content (AvgIpc) is 3.04. The highest BCUT2D eigenvalue weighted by molar-refractivity contribution is 6.31. The van der Waals surface area contributed by atoms with E-state index in [1.54, 1.807) is 17.0 Å². The molecule has 1 fully saturated rings. The Labute approximate surface area is 269 Å². The molecule has 5 rings (SSSR count). The van der Waals surface area contributed by atoms with Crippen LogP contribution in [0.2, 0.25) is 10.0 Å². The Morgan fingerprint density at radius 3 is 2.45 bits per heavy atom. The predicted molar refractivity (Wildman–Crippen MR) is 175 cm³/mol. The Morgan fingerprint density at radius 2 is 1.70 bits per heavy atom. The summed E-state index contributed by atoms with van der Waals surface area (Å²) >= 11 is 12.5. The summed E-state index contributed by atoms with van der Waals surface area (Å²) in [5.74, 6) is -0.483. The molecular formula is C35H40Cl2N4O3. The molecule has 3 atom stereocenters. The Hall–Kier alpha value is -3.39. The van der Waals surface area contributed by atoms with Gasteiger partial charge in [0, 0.05) is 42.6 Å². The van der Waals surface area contributed by atoms with Gasteiger partial charge in [0.2, 0.25) is 17.7 Å². The van der Waals surface area contributed by atoms with Crippen LogP contribution in [-0.4, -0.2) is 65.3 Å². The van der Waals surface area contributed by atoms with Crippen LogP contribution in [0, 0.1) is 0 Å². The lowest BCUT2D eigenvalue weighted by atomic mass is 9.95. The van der Waals surface area contributed by atoms with E-state index in [-0.39, 0.29) is 17.7 Å². The molecule has 0 saturated carbocycles. The number of hydrogen-bond acceptors (Lipinski definition) is 4. The highest BCUT2D eigenvalue weighted by Gasteiger charge is 2.40. The fraction of sp³-hybridized carbons (Fsp3) is 0.400. The van der Waals surface area contributed by atoms with Crippen LogP contribution in [0.4, 0.5) is 0 Å². The number of fused-ring (bicyclic) bond motifs is 1. The number of piperazine rings is 1. The number of halogens is 2. The Morgan fingerprint density at radius 1 is 0.977 bits per heavy atom. The van der Waals surface area contributed by atoms with E-state index in [0.717, 1.165) is 41.0 Å². The van der Waals surface area contributed by atoms with Gasteiger partial charge in [-0.05, 0) is 66.1 Å². The number of carbonyl (C=O) groups is 3. The molecule has 9 heteroatoms. The lowest BCUT2D eigenvalue weighted by molar-refractivity contribution is -0.153. The third kappa shape index (κ3) is 7.81. The van der Waals surface area contributed by atoms with Crippen LogP contribution in [0.5, 0.6) is 0 Å². The molecule has 2 N–H and O–H groups in total. The summed E-state index contributed by atoms with van der Waals surface area (Å²) in [5, 5.41) is 7.72. The number of nitrogens with one attached hydrogen (secondary N) is 2. The van der Waals surface area contributed by atoms with Crippen LogP contribution >= 0.6 is 23.2 Å². The highest BCUT2D eigenvalue weighted by Crippen LogP contribution is 2.22. The molecule has 44 heavy (non-hydrogen) atoms. The van der Waals surface area contributed by atoms with E-state index in [9.17, 15) is 14.4 Å². The Balaban J connectivity index is 1.29. The van der Waals surface area contributed by atoms with Crippen molar-refractivity contribution in [2.24, 2.45) is 0 Å². The standard InChI is InChI=1S/C35H40Cl2N4O3/c1-2-8-32-35(44)40(18-7-12-25-9-5-6-13-29(25)37)19-20-41(32)34(43)31(21-24-14-16-28(36)17-15-24)39-33(42)30-22-26-10-3-4-11-27(26)23-38-30/h3-6,9-11,13-17,30-32,38H,2,7-8,12,18-23H2,1H3,(H,39,42). The lowest BCUT2D eigenvalue weighted by Crippen LogP contribution is -2.63. The lowest BCUT2D eigenvalue weighted by Gasteiger charge is -2.42. The second-order valence-electron chi connectivity index (χ2n) is 11.7. The fourth-order valence-electron chi connectivity index (χ4n) is 6.21. The van der Waals surface area contributed by atoms with Gasteiger partial charge in [0.15, 0.2) is 0 Å². The van der Waals surface area contributed by atoms with Crippen molar-refractivity contribution in [2.75, 3.05) is 19.6 Å². The maximum Gasteiger partial charge on any atom is 0.246 e. The summed E-state index contributed by atoms with van der Waals surface area (Å²) in [5.41, 5.74) is 4.26. The van der Waals surface area contributed by atoms with Crippen LogP contribution in [-0.2, 0) is 40.2 Å². The van der Waals surface area contributed by atoms with Gasteiger partial charge in [-0.1, -0.05) is 91.1 Å². The summed E-state index contributed by atoms with van der Waals surface area (Å²) in [6.07, 6.45) is 3.74. The van der Waals surface area contributed by atoms with E-state index in [0.29, 0.717) is 50.5 Å². The van der Waals surface area contributed by atoms with Gasteiger partial charge in [-0.15, -0.1) is 0 Å². The highest BCUT2D eigenvalue weighted by atomic mass is 35.5. The largest absolute Gasteiger partial charge is 0.343 e. The van der Waals surface area contributed by atoms with Gasteiger partial charge in [0.1, 0.15) is 12.1 Å². The first-order valence-electron chi connectivity index (χ1n) is 15.5. The first kappa shape index (κ1) is 32.0. The molecule has 0 bridgehead atoms. The summed E-state index contributed by atoms with van der Waals surface area (Å²) in [7, 11) is 0. The zero-order valence-corrected chi connectivity index (χ0v) is 26.6. The van der Waals surface area contributed by atoms with Gasteiger partial charge in [0.05, 0.1) is 6.04 Å². The summed E-state index contributed by atoms with van der Waals surface area (Å²) in [4.78, 5) is 45.1. The first-order valence-corrected chi connectivity index (χ1v) is 16.3. The van der Waals surface area contributed by atoms with Gasteiger partial charge in [-0.2, -0.15) is 0 Å². The van der Waals surface area contributed by atoms with Crippen LogP contribution in [0.1, 0.15) is 48.4 Å². The maximum atomic E-state index is 14.2. The number of benzene rings is 3. The molecular weight excluding hydrogens is 595 g/mol. The van der Waals surface area contributed by atoms with Crippen molar-refractivity contribution in [3.05, 3.63) is 105 Å². The van der Waals surface area contributed by atoms with Gasteiger partial charge in [0.25, 0.3) is 0 Å². The molecule has 0 aromatic heterocycles. The van der Waals surface area contributed by atoms with Crippen molar-refractivity contribution < 1.29 is 14.4 Å². The minimum atomic E-state index is -0.818. The number of rotatable bonds is 11. The van der Waals surface area contributed by atoms with Gasteiger partial charge in [-0.25, -0.2) is 0 Å². The molecule has 0 spiro atoms. The smallest absolute Gasteiger partial charge is 0.246 e. The molecule has 2 aliphatic heterocycles. The molecule has 1 saturated heterocycles. The zero-order valence-electron chi connectivity index (χ0n) is 25.1. The average molecular weight is 636 g/mol. The van der Waals surface area contributed by atoms with Gasteiger partial charge < -0.3 is 20.4 Å². The van der Waals surface area contributed by atoms with Crippen molar-refractivity contribution in [3.63, 3.8) is 0 Å². The van der Waals surface area contributed by atoms with Crippen LogP contribution in [0.25, 0.3) is 0 Å². The monoisotopic (exact) mass is 634 g/mol. The SMILES string of the molecule is CCCC1C(=O)N(CCCc2ccccc2Cl)CCN1C(=O)C(Cc1ccc(Cl)cc1)NC(=O)C1Cc2ccccc2CN1. The second-order valence-corrected chi connectivity index (χ2v) is 12.5. The minimum Gasteiger partial charge on any atom is -0.343 e. The molecule has 0 radical (unpaired) electrons. The normalized spacial score (nSPS) is 18.9. The van der Waals surface area contributed by atoms with E-state index in [4.69, 9.17) is 23.2 Å². The van der Waals surface area contributed by atoms with Gasteiger partial charge >= 0.3 is 0 Å². The summed E-state index contributed by atoms with van der Waals surface area (Å²) in [6, 6.07) is 21.3. The molecule has 3 unspecified atom stereocenters. The van der Waals surface area contributed by atoms with Crippen LogP contribution < -0.4 is 10.6 Å². The molecule has 7 nitrogen and oxygen atoms in total. The summed E-state index contributed by atoms with van der Waals surface area (Å²) in [6.45, 7) is 4.09. The molecule has 3 amide bonds. The van der Waals surface area contributed by atoms with Crippen molar-refractivity contribution in [3.8, 4) is 0 Å². The number of nitrogens with zero attached hydrogens (tertiary/aromatic N) is 2. The predicted octanol–water partition coefficient (Wildman–Crippen LogP) is 5.21. The van der Waals surface area contributed by atoms with Crippen molar-refractivity contribution >= 4 is 40.9 Å². The van der Waals surface area contributed by atoms with Crippen molar-refractivity contribution in [1.82, 2.24) is 20.4 Å². The van der Waals surface area contributed by atoms with E-state index >= 15 is 0 Å². The number of amides is 3. The molecule has 0 aliphatic carbocycles. The van der Waals surface area contributed by atoms with Crippen molar-refractivity contribution in [2.45, 2.75) is 70.1 Å². The number of hydrogen-bond donors (Lipinski definition) is 2. The van der Waals surface area contributed by atoms with Gasteiger partial charge in [-0.3, -0.25) is 14.4 Å². The molecule has 2 aliphatic rings. The maximum absolute atomic E-state index is 14.2. The van der Waals surface area contributed by atoms with Crippen LogP contribution in [0.3, 0.4) is 0 Å². The second kappa shape index (κ2) is 15.1. The van der Waals surface area contributed by atoms with E-state index in [2.05, 4.69) is 16.7 Å². The number of carbonyl (C=O) groups excluding carboxylic acids is 3. The van der Waals surface area contributed by atoms with E-state index < -0.39 is 18.1 Å². The molecule has 2 heterocycles. The van der Waals surface area contributed by atoms with Crippen molar-refractivity contribution in [1.29, 1.82) is 0 Å². The fourth-order valence-corrected chi connectivity index (χ4v) is 6.56. The minimum absolute atomic E-state index is 0.0345. The zero-order chi connectivity index (χ0) is 31.1. The molecule has 3 aromatic rings. The Bertz CT molecular complexity index is 1460. The van der Waals surface area contributed by atoms with E-state index in [1.807, 2.05) is 66.4 Å². The van der Waals surface area contributed by atoms with E-state index in [1.165, 1.54) is 5.56 Å². The van der Waals surface area contributed by atoms with Crippen LogP contribution in [0.15, 0.2) is 72.8 Å². The third-order valence-corrected chi connectivity index (χ3v) is 9.25. The number of aryl methyl sites for hydroxylation is 1.